The molecule has 0 amide bonds. The summed E-state index contributed by atoms with van der Waals surface area (Å²) in [5, 5.41) is 5.35. The van der Waals surface area contributed by atoms with Crippen LogP contribution in [0.2, 0.25) is 5.02 Å². The molecule has 4 rings (SSSR count). The highest BCUT2D eigenvalue weighted by Gasteiger charge is 2.29. The number of nitrogens with one attached hydrogen (secondary N) is 1. The third kappa shape index (κ3) is 4.65. The Hall–Kier alpha value is -1.91. The molecule has 3 aromatic rings. The molecule has 0 radical (unpaired) electrons. The smallest absolute Gasteiger partial charge is 0.240 e. The highest BCUT2D eigenvalue weighted by atomic mass is 35.5. The maximum atomic E-state index is 13.2. The first-order valence-corrected chi connectivity index (χ1v) is 11.9. The Balaban J connectivity index is 1.61. The van der Waals surface area contributed by atoms with E-state index in [0.29, 0.717) is 24.8 Å². The lowest BCUT2D eigenvalue weighted by atomic mass is 10.4. The fraction of sp³-hybridized carbons (Fsp3) is 0.316. The van der Waals surface area contributed by atoms with Gasteiger partial charge in [-0.3, -0.25) is 4.90 Å². The molecular weight excluding hydrogens is 434 g/mol. The van der Waals surface area contributed by atoms with Crippen LogP contribution in [-0.4, -0.2) is 57.7 Å². The largest absolute Gasteiger partial charge is 0.418 e. The molecule has 154 valence electrons. The molecule has 29 heavy (non-hydrogen) atoms. The van der Waals surface area contributed by atoms with Gasteiger partial charge < -0.3 is 14.5 Å². The fourth-order valence-electron chi connectivity index (χ4n) is 2.98. The number of benzene rings is 1. The number of hydrogen-bond acceptors (Lipinski definition) is 8. The van der Waals surface area contributed by atoms with Crippen LogP contribution in [0.5, 0.6) is 0 Å². The first kappa shape index (κ1) is 20.4. The van der Waals surface area contributed by atoms with E-state index in [9.17, 15) is 8.42 Å². The number of nitrogens with zero attached hydrogens (tertiary/aromatic N) is 2. The zero-order valence-electron chi connectivity index (χ0n) is 15.5. The molecule has 1 aromatic carbocycles. The molecule has 2 aromatic heterocycles. The van der Waals surface area contributed by atoms with Crippen LogP contribution in [0.1, 0.15) is 0 Å². The van der Waals surface area contributed by atoms with Gasteiger partial charge in [-0.2, -0.15) is 4.98 Å². The lowest BCUT2D eigenvalue weighted by molar-refractivity contribution is 0.0398. The van der Waals surface area contributed by atoms with E-state index < -0.39 is 9.84 Å². The van der Waals surface area contributed by atoms with Gasteiger partial charge in [-0.1, -0.05) is 17.7 Å². The van der Waals surface area contributed by atoms with Crippen LogP contribution < -0.4 is 5.32 Å². The van der Waals surface area contributed by atoms with Crippen LogP contribution >= 0.6 is 22.9 Å². The molecule has 0 bridgehead atoms. The topological polar surface area (TPSA) is 84.7 Å². The van der Waals surface area contributed by atoms with Crippen molar-refractivity contribution < 1.29 is 17.6 Å². The molecule has 1 N–H and O–H groups in total. The molecule has 1 aliphatic heterocycles. The number of anilines is 1. The molecule has 1 fully saturated rings. The standard InChI is InChI=1S/C19H20ClN3O4S2/c20-14-3-5-15(6-4-14)29(24,25)19-18(21-7-8-23-9-11-26-12-10-23)27-17(22-19)16-2-1-13-28-16/h1-6,13,21H,7-12H2. The Morgan fingerprint density at radius 3 is 2.62 bits per heavy atom. The molecule has 0 atom stereocenters. The lowest BCUT2D eigenvalue weighted by Gasteiger charge is -2.26. The summed E-state index contributed by atoms with van der Waals surface area (Å²) in [5.74, 6) is 0.429. The van der Waals surface area contributed by atoms with E-state index in [1.165, 1.54) is 23.5 Å². The number of hydrogen-bond donors (Lipinski definition) is 1. The summed E-state index contributed by atoms with van der Waals surface area (Å²) < 4.78 is 37.5. The van der Waals surface area contributed by atoms with Gasteiger partial charge in [0, 0.05) is 31.2 Å². The van der Waals surface area contributed by atoms with E-state index in [1.807, 2.05) is 17.5 Å². The Bertz CT molecular complexity index is 1040. The average Bonchev–Trinajstić information content (AvgIpc) is 3.39. The molecule has 7 nitrogen and oxygen atoms in total. The highest BCUT2D eigenvalue weighted by Crippen LogP contribution is 2.34. The third-order valence-electron chi connectivity index (χ3n) is 4.52. The molecule has 1 saturated heterocycles. The number of thiophene rings is 1. The number of rotatable bonds is 7. The fourth-order valence-corrected chi connectivity index (χ4v) is 5.04. The SMILES string of the molecule is O=S(=O)(c1ccc(Cl)cc1)c1nc(-c2cccs2)oc1NCCN1CCOCC1. The second kappa shape index (κ2) is 8.85. The third-order valence-corrected chi connectivity index (χ3v) is 7.31. The molecule has 10 heteroatoms. The number of ether oxygens (including phenoxy) is 1. The Morgan fingerprint density at radius 2 is 1.93 bits per heavy atom. The number of aromatic nitrogens is 1. The molecule has 0 saturated carbocycles. The van der Waals surface area contributed by atoms with Crippen LogP contribution in [0.15, 0.2) is 56.1 Å². The minimum Gasteiger partial charge on any atom is -0.418 e. The number of sulfone groups is 1. The van der Waals surface area contributed by atoms with Crippen molar-refractivity contribution in [2.45, 2.75) is 9.92 Å². The highest BCUT2D eigenvalue weighted by molar-refractivity contribution is 7.91. The van der Waals surface area contributed by atoms with E-state index >= 15 is 0 Å². The Kier molecular flexibility index (Phi) is 6.21. The van der Waals surface area contributed by atoms with Gasteiger partial charge in [0.2, 0.25) is 26.6 Å². The number of morpholine rings is 1. The van der Waals surface area contributed by atoms with Gasteiger partial charge in [-0.25, -0.2) is 8.42 Å². The molecule has 0 aliphatic carbocycles. The van der Waals surface area contributed by atoms with Crippen LogP contribution in [0.4, 0.5) is 5.88 Å². The van der Waals surface area contributed by atoms with E-state index in [1.54, 1.807) is 12.1 Å². The van der Waals surface area contributed by atoms with Crippen molar-refractivity contribution in [2.24, 2.45) is 0 Å². The van der Waals surface area contributed by atoms with E-state index in [2.05, 4.69) is 15.2 Å². The first-order valence-electron chi connectivity index (χ1n) is 9.13. The maximum Gasteiger partial charge on any atom is 0.240 e. The van der Waals surface area contributed by atoms with Gasteiger partial charge >= 0.3 is 0 Å². The van der Waals surface area contributed by atoms with E-state index in [4.69, 9.17) is 20.8 Å². The predicted octanol–water partition coefficient (Wildman–Crippen LogP) is 3.63. The Morgan fingerprint density at radius 1 is 1.17 bits per heavy atom. The number of halogens is 1. The zero-order chi connectivity index (χ0) is 20.3. The summed E-state index contributed by atoms with van der Waals surface area (Å²) in [4.78, 5) is 7.44. The second-order valence-electron chi connectivity index (χ2n) is 6.47. The minimum atomic E-state index is -3.87. The van der Waals surface area contributed by atoms with Crippen LogP contribution in [0.25, 0.3) is 10.8 Å². The minimum absolute atomic E-state index is 0.115. The Labute approximate surface area is 178 Å². The van der Waals surface area contributed by atoms with Crippen molar-refractivity contribution in [3.63, 3.8) is 0 Å². The van der Waals surface area contributed by atoms with Gasteiger partial charge in [0.05, 0.1) is 23.0 Å². The summed E-state index contributed by atoms with van der Waals surface area (Å²) >= 11 is 7.33. The van der Waals surface area contributed by atoms with Crippen molar-refractivity contribution in [2.75, 3.05) is 44.7 Å². The summed E-state index contributed by atoms with van der Waals surface area (Å²) in [6.45, 7) is 4.41. The van der Waals surface area contributed by atoms with Crippen LogP contribution in [0, 0.1) is 0 Å². The van der Waals surface area contributed by atoms with Gasteiger partial charge in [-0.15, -0.1) is 11.3 Å². The lowest BCUT2D eigenvalue weighted by Crippen LogP contribution is -2.39. The summed E-state index contributed by atoms with van der Waals surface area (Å²) in [6.07, 6.45) is 0. The zero-order valence-corrected chi connectivity index (χ0v) is 17.9. The second-order valence-corrected chi connectivity index (χ2v) is 9.72. The van der Waals surface area contributed by atoms with Crippen molar-refractivity contribution in [3.8, 4) is 10.8 Å². The summed E-state index contributed by atoms with van der Waals surface area (Å²) in [7, 11) is -3.87. The molecule has 0 spiro atoms. The van der Waals surface area contributed by atoms with Gasteiger partial charge in [-0.05, 0) is 35.7 Å². The van der Waals surface area contributed by atoms with Crippen LogP contribution in [0.3, 0.4) is 0 Å². The summed E-state index contributed by atoms with van der Waals surface area (Å²) in [6, 6.07) is 9.72. The van der Waals surface area contributed by atoms with Crippen LogP contribution in [-0.2, 0) is 14.6 Å². The van der Waals surface area contributed by atoms with Crippen molar-refractivity contribution >= 4 is 38.7 Å². The van der Waals surface area contributed by atoms with E-state index in [0.717, 1.165) is 24.5 Å². The molecular formula is C19H20ClN3O4S2. The molecule has 1 aliphatic rings. The van der Waals surface area contributed by atoms with Gasteiger partial charge in [0.1, 0.15) is 0 Å². The van der Waals surface area contributed by atoms with Gasteiger partial charge in [0.25, 0.3) is 0 Å². The first-order chi connectivity index (χ1) is 14.0. The molecule has 0 unspecified atom stereocenters. The maximum absolute atomic E-state index is 13.2. The van der Waals surface area contributed by atoms with Gasteiger partial charge in [0.15, 0.2) is 0 Å². The number of oxazole rings is 1. The van der Waals surface area contributed by atoms with Crippen molar-refractivity contribution in [1.82, 2.24) is 9.88 Å². The summed E-state index contributed by atoms with van der Waals surface area (Å²) in [5.41, 5.74) is 0. The predicted molar refractivity (Wildman–Crippen MR) is 112 cm³/mol. The van der Waals surface area contributed by atoms with E-state index in [-0.39, 0.29) is 21.7 Å². The quantitative estimate of drug-likeness (QED) is 0.584. The van der Waals surface area contributed by atoms with Crippen molar-refractivity contribution in [1.29, 1.82) is 0 Å². The average molecular weight is 454 g/mol. The van der Waals surface area contributed by atoms with Crippen molar-refractivity contribution in [3.05, 3.63) is 46.8 Å². The monoisotopic (exact) mass is 453 g/mol. The molecule has 3 heterocycles. The normalized spacial score (nSPS) is 15.5.